The molecule has 0 aromatic heterocycles. The van der Waals surface area contributed by atoms with Gasteiger partial charge < -0.3 is 27.0 Å². The monoisotopic (exact) mass is 246 g/mol. The normalized spacial score (nSPS) is 15.7. The van der Waals surface area contributed by atoms with Crippen LogP contribution in [0.2, 0.25) is 0 Å². The van der Waals surface area contributed by atoms with Gasteiger partial charge in [0.25, 0.3) is 0 Å². The summed E-state index contributed by atoms with van der Waals surface area (Å²) in [5.41, 5.74) is 8.04. The fourth-order valence-corrected chi connectivity index (χ4v) is 1.14. The molecule has 0 saturated heterocycles. The van der Waals surface area contributed by atoms with E-state index in [4.69, 9.17) is 22.0 Å². The zero-order valence-corrected chi connectivity index (χ0v) is 9.56. The Labute approximate surface area is 98.5 Å². The first kappa shape index (κ1) is 15.3. The lowest BCUT2D eigenvalue weighted by molar-refractivity contribution is -0.163. The molecule has 0 heterocycles. The van der Waals surface area contributed by atoms with E-state index in [2.05, 4.69) is 5.32 Å². The van der Waals surface area contributed by atoms with E-state index < -0.39 is 23.4 Å². The van der Waals surface area contributed by atoms with Gasteiger partial charge in [-0.2, -0.15) is 0 Å². The fourth-order valence-electron chi connectivity index (χ4n) is 1.14. The lowest BCUT2D eigenvalue weighted by Crippen LogP contribution is -2.51. The van der Waals surface area contributed by atoms with Crippen LogP contribution in [0.25, 0.3) is 0 Å². The molecule has 98 valence electrons. The summed E-state index contributed by atoms with van der Waals surface area (Å²) >= 11 is 0. The number of guanidine groups is 1. The minimum absolute atomic E-state index is 0.192. The number of nitrogens with one attached hydrogen (secondary N) is 2. The third kappa shape index (κ3) is 4.79. The highest BCUT2D eigenvalue weighted by molar-refractivity contribution is 6.08. The Morgan fingerprint density at radius 2 is 2.06 bits per heavy atom. The zero-order valence-electron chi connectivity index (χ0n) is 9.56. The van der Waals surface area contributed by atoms with Crippen molar-refractivity contribution in [1.82, 2.24) is 5.32 Å². The van der Waals surface area contributed by atoms with Crippen LogP contribution in [0.1, 0.15) is 19.8 Å². The van der Waals surface area contributed by atoms with Crippen molar-refractivity contribution in [2.75, 3.05) is 6.54 Å². The van der Waals surface area contributed by atoms with Crippen molar-refractivity contribution in [2.24, 2.45) is 11.5 Å². The molecule has 0 saturated carbocycles. The molecule has 0 bridgehead atoms. The first-order valence-electron chi connectivity index (χ1n) is 5.03. The number of carbonyl (C=O) groups excluding carboxylic acids is 1. The predicted octanol–water partition coefficient (Wildman–Crippen LogP) is -2.02. The number of hydrogen-bond acceptors (Lipinski definition) is 5. The predicted molar refractivity (Wildman–Crippen MR) is 60.4 cm³/mol. The number of nitrogens with two attached hydrogens (primary N) is 2. The van der Waals surface area contributed by atoms with Crippen LogP contribution in [0.4, 0.5) is 0 Å². The molecule has 0 spiro atoms. The molecule has 0 aromatic rings. The molecule has 0 aliphatic heterocycles. The molecular formula is C9H18N4O4. The Morgan fingerprint density at radius 1 is 1.53 bits per heavy atom. The summed E-state index contributed by atoms with van der Waals surface area (Å²) < 4.78 is 0. The standard InChI is InChI=1S/C9H18N4O4/c1-9(17,7(15)16)6(14)5(10)3-2-4-13-8(11)12/h5,17H,2-4,10H2,1H3,(H,15,16)(H4,11,12,13). The van der Waals surface area contributed by atoms with Crippen LogP contribution in [0.5, 0.6) is 0 Å². The smallest absolute Gasteiger partial charge is 0.343 e. The van der Waals surface area contributed by atoms with Crippen molar-refractivity contribution in [1.29, 1.82) is 5.41 Å². The van der Waals surface area contributed by atoms with E-state index in [1.807, 2.05) is 0 Å². The first-order valence-corrected chi connectivity index (χ1v) is 5.03. The van der Waals surface area contributed by atoms with Gasteiger partial charge in [0.05, 0.1) is 6.04 Å². The minimum Gasteiger partial charge on any atom is -0.479 e. The molecule has 0 fully saturated rings. The molecular weight excluding hydrogens is 228 g/mol. The molecule has 2 atom stereocenters. The summed E-state index contributed by atoms with van der Waals surface area (Å²) in [4.78, 5) is 22.1. The third-order valence-electron chi connectivity index (χ3n) is 2.24. The van der Waals surface area contributed by atoms with Crippen molar-refractivity contribution in [3.63, 3.8) is 0 Å². The summed E-state index contributed by atoms with van der Waals surface area (Å²) in [5.74, 6) is -2.75. The Hall–Kier alpha value is -1.67. The third-order valence-corrected chi connectivity index (χ3v) is 2.24. The van der Waals surface area contributed by atoms with Gasteiger partial charge in [-0.15, -0.1) is 0 Å². The largest absolute Gasteiger partial charge is 0.479 e. The lowest BCUT2D eigenvalue weighted by atomic mass is 9.93. The molecule has 0 rings (SSSR count). The Morgan fingerprint density at radius 3 is 2.47 bits per heavy atom. The van der Waals surface area contributed by atoms with E-state index >= 15 is 0 Å². The van der Waals surface area contributed by atoms with Crippen molar-refractivity contribution in [3.8, 4) is 0 Å². The van der Waals surface area contributed by atoms with Gasteiger partial charge >= 0.3 is 5.97 Å². The van der Waals surface area contributed by atoms with Crippen molar-refractivity contribution < 1.29 is 19.8 Å². The van der Waals surface area contributed by atoms with Crippen molar-refractivity contribution in [3.05, 3.63) is 0 Å². The quantitative estimate of drug-likeness (QED) is 0.131. The van der Waals surface area contributed by atoms with E-state index in [-0.39, 0.29) is 12.4 Å². The summed E-state index contributed by atoms with van der Waals surface area (Å²) in [6.07, 6.45) is 0.630. The maximum Gasteiger partial charge on any atom is 0.343 e. The molecule has 2 unspecified atom stereocenters. The van der Waals surface area contributed by atoms with Crippen LogP contribution in [-0.4, -0.2) is 46.1 Å². The Kier molecular flexibility index (Phi) is 5.56. The number of Topliss-reactive ketones (excluding diaryl/α,β-unsaturated/α-hetero) is 1. The summed E-state index contributed by atoms with van der Waals surface area (Å²) in [7, 11) is 0. The van der Waals surface area contributed by atoms with Gasteiger partial charge in [0.15, 0.2) is 11.7 Å². The van der Waals surface area contributed by atoms with Gasteiger partial charge in [-0.05, 0) is 19.8 Å². The second-order valence-corrected chi connectivity index (χ2v) is 3.83. The molecule has 8 N–H and O–H groups in total. The number of carbonyl (C=O) groups is 2. The highest BCUT2D eigenvalue weighted by Gasteiger charge is 2.41. The van der Waals surface area contributed by atoms with Crippen LogP contribution in [0, 0.1) is 5.41 Å². The second kappa shape index (κ2) is 6.16. The molecule has 0 amide bonds. The second-order valence-electron chi connectivity index (χ2n) is 3.83. The van der Waals surface area contributed by atoms with Crippen molar-refractivity contribution in [2.45, 2.75) is 31.4 Å². The van der Waals surface area contributed by atoms with E-state index in [0.29, 0.717) is 13.0 Å². The van der Waals surface area contributed by atoms with E-state index in [0.717, 1.165) is 6.92 Å². The number of carboxylic acid groups (broad SMARTS) is 1. The summed E-state index contributed by atoms with van der Waals surface area (Å²) in [5, 5.41) is 27.4. The van der Waals surface area contributed by atoms with Crippen LogP contribution >= 0.6 is 0 Å². The van der Waals surface area contributed by atoms with Crippen molar-refractivity contribution >= 4 is 17.7 Å². The number of hydrogen-bond donors (Lipinski definition) is 6. The van der Waals surface area contributed by atoms with E-state index in [9.17, 15) is 14.7 Å². The molecule has 17 heavy (non-hydrogen) atoms. The maximum atomic E-state index is 11.5. The van der Waals surface area contributed by atoms with E-state index in [1.165, 1.54) is 0 Å². The zero-order chi connectivity index (χ0) is 13.6. The minimum atomic E-state index is -2.46. The van der Waals surface area contributed by atoms with Gasteiger partial charge in [-0.1, -0.05) is 0 Å². The molecule has 0 radical (unpaired) electrons. The number of carboxylic acids is 1. The van der Waals surface area contributed by atoms with Crippen LogP contribution < -0.4 is 16.8 Å². The SMILES string of the molecule is CC(O)(C(=O)O)C(=O)C(N)CCCNC(=N)N. The van der Waals surface area contributed by atoms with Gasteiger partial charge in [-0.3, -0.25) is 10.2 Å². The highest BCUT2D eigenvalue weighted by Crippen LogP contribution is 2.10. The van der Waals surface area contributed by atoms with Crippen LogP contribution in [0.15, 0.2) is 0 Å². The molecule has 8 nitrogen and oxygen atoms in total. The lowest BCUT2D eigenvalue weighted by Gasteiger charge is -2.20. The average molecular weight is 246 g/mol. The number of ketones is 1. The van der Waals surface area contributed by atoms with E-state index in [1.54, 1.807) is 0 Å². The topological polar surface area (TPSA) is 163 Å². The average Bonchev–Trinajstić information content (AvgIpc) is 2.22. The number of aliphatic carboxylic acids is 1. The number of rotatable bonds is 7. The first-order chi connectivity index (χ1) is 7.69. The number of aliphatic hydroxyl groups is 1. The molecule has 8 heteroatoms. The molecule has 0 aromatic carbocycles. The molecule has 0 aliphatic rings. The summed E-state index contributed by atoms with van der Waals surface area (Å²) in [6, 6.07) is -1.06. The van der Waals surface area contributed by atoms with Crippen LogP contribution in [-0.2, 0) is 9.59 Å². The Bertz CT molecular complexity index is 316. The Balaban J connectivity index is 4.15. The summed E-state index contributed by atoms with van der Waals surface area (Å²) in [6.45, 7) is 1.25. The van der Waals surface area contributed by atoms with Gasteiger partial charge in [-0.25, -0.2) is 4.79 Å². The van der Waals surface area contributed by atoms with Gasteiger partial charge in [0, 0.05) is 6.54 Å². The van der Waals surface area contributed by atoms with Gasteiger partial charge in [0.1, 0.15) is 0 Å². The van der Waals surface area contributed by atoms with Crippen LogP contribution in [0.3, 0.4) is 0 Å². The van der Waals surface area contributed by atoms with Gasteiger partial charge in [0.2, 0.25) is 5.60 Å². The highest BCUT2D eigenvalue weighted by atomic mass is 16.4. The maximum absolute atomic E-state index is 11.5. The molecule has 0 aliphatic carbocycles. The fraction of sp³-hybridized carbons (Fsp3) is 0.667.